The van der Waals surface area contributed by atoms with Gasteiger partial charge in [0.2, 0.25) is 0 Å². The summed E-state index contributed by atoms with van der Waals surface area (Å²) in [6.45, 7) is 1.04. The highest BCUT2D eigenvalue weighted by Crippen LogP contribution is 2.48. The molecule has 19 heavy (non-hydrogen) atoms. The Morgan fingerprint density at radius 1 is 1.37 bits per heavy atom. The van der Waals surface area contributed by atoms with E-state index in [1.807, 2.05) is 18.2 Å². The first-order valence-electron chi connectivity index (χ1n) is 6.96. The van der Waals surface area contributed by atoms with Gasteiger partial charge in [-0.2, -0.15) is 0 Å². The van der Waals surface area contributed by atoms with E-state index in [1.54, 1.807) is 0 Å². The molecule has 0 aromatic heterocycles. The van der Waals surface area contributed by atoms with Crippen LogP contribution in [0.4, 0.5) is 5.69 Å². The number of hydrogen-bond donors (Lipinski definition) is 2. The molecule has 2 aliphatic rings. The van der Waals surface area contributed by atoms with Crippen LogP contribution in [0.3, 0.4) is 0 Å². The Bertz CT molecular complexity index is 503. The lowest BCUT2D eigenvalue weighted by Gasteiger charge is -2.22. The zero-order valence-electron chi connectivity index (χ0n) is 10.9. The van der Waals surface area contributed by atoms with Crippen molar-refractivity contribution in [3.05, 3.63) is 28.8 Å². The lowest BCUT2D eigenvalue weighted by Crippen LogP contribution is -2.20. The molecular weight excluding hydrogens is 276 g/mol. The van der Waals surface area contributed by atoms with Gasteiger partial charge in [-0.15, -0.1) is 0 Å². The third-order valence-electron chi connectivity index (χ3n) is 4.69. The SMILES string of the molecule is NC(=S)c1ccc(NCC2CC3CCC2C3)c(Cl)c1. The molecule has 1 aromatic carbocycles. The van der Waals surface area contributed by atoms with Crippen molar-refractivity contribution in [3.63, 3.8) is 0 Å². The van der Waals surface area contributed by atoms with Gasteiger partial charge in [0.05, 0.1) is 10.7 Å². The number of nitrogens with two attached hydrogens (primary N) is 1. The standard InChI is InChI=1S/C15H19ClN2S/c16-13-7-11(15(17)19)3-4-14(13)18-8-12-6-9-1-2-10(12)5-9/h3-4,7,9-10,12,18H,1-2,5-6,8H2,(H2,17,19). The molecule has 3 rings (SSSR count). The monoisotopic (exact) mass is 294 g/mol. The van der Waals surface area contributed by atoms with Gasteiger partial charge < -0.3 is 11.1 Å². The molecule has 1 aromatic rings. The predicted molar refractivity (Wildman–Crippen MR) is 84.8 cm³/mol. The van der Waals surface area contributed by atoms with Crippen molar-refractivity contribution in [3.8, 4) is 0 Å². The summed E-state index contributed by atoms with van der Waals surface area (Å²) >= 11 is 11.2. The number of rotatable bonds is 4. The van der Waals surface area contributed by atoms with E-state index in [2.05, 4.69) is 5.32 Å². The Balaban J connectivity index is 1.62. The largest absolute Gasteiger partial charge is 0.389 e. The highest BCUT2D eigenvalue weighted by atomic mass is 35.5. The molecule has 4 heteroatoms. The maximum absolute atomic E-state index is 6.26. The molecule has 0 aliphatic heterocycles. The van der Waals surface area contributed by atoms with E-state index in [4.69, 9.17) is 29.6 Å². The van der Waals surface area contributed by atoms with Crippen molar-refractivity contribution in [2.24, 2.45) is 23.5 Å². The second-order valence-corrected chi connectivity index (χ2v) is 6.72. The fourth-order valence-electron chi connectivity index (χ4n) is 3.68. The number of nitrogens with one attached hydrogen (secondary N) is 1. The van der Waals surface area contributed by atoms with Gasteiger partial charge in [-0.25, -0.2) is 0 Å². The molecule has 2 nitrogen and oxygen atoms in total. The number of hydrogen-bond acceptors (Lipinski definition) is 2. The van der Waals surface area contributed by atoms with Crippen LogP contribution in [0.15, 0.2) is 18.2 Å². The minimum Gasteiger partial charge on any atom is -0.389 e. The Hall–Kier alpha value is -0.800. The average molecular weight is 295 g/mol. The molecule has 0 radical (unpaired) electrons. The first-order chi connectivity index (χ1) is 9.13. The lowest BCUT2D eigenvalue weighted by molar-refractivity contribution is 0.348. The van der Waals surface area contributed by atoms with Gasteiger partial charge in [-0.05, 0) is 55.2 Å². The molecule has 0 heterocycles. The average Bonchev–Trinajstić information content (AvgIpc) is 2.99. The Kier molecular flexibility index (Phi) is 3.68. The van der Waals surface area contributed by atoms with Crippen molar-refractivity contribution < 1.29 is 0 Å². The number of fused-ring (bicyclic) bond motifs is 2. The molecule has 3 N–H and O–H groups in total. The van der Waals surface area contributed by atoms with Crippen LogP contribution in [-0.4, -0.2) is 11.5 Å². The normalized spacial score (nSPS) is 28.6. The molecule has 2 bridgehead atoms. The van der Waals surface area contributed by atoms with Crippen LogP contribution < -0.4 is 11.1 Å². The van der Waals surface area contributed by atoms with Gasteiger partial charge in [0.15, 0.2) is 0 Å². The van der Waals surface area contributed by atoms with Crippen molar-refractivity contribution in [2.75, 3.05) is 11.9 Å². The molecular formula is C15H19ClN2S. The molecule has 3 unspecified atom stereocenters. The zero-order valence-corrected chi connectivity index (χ0v) is 12.4. The number of anilines is 1. The van der Waals surface area contributed by atoms with Crippen LogP contribution in [-0.2, 0) is 0 Å². The number of benzene rings is 1. The maximum atomic E-state index is 6.26. The summed E-state index contributed by atoms with van der Waals surface area (Å²) in [4.78, 5) is 0.390. The fraction of sp³-hybridized carbons (Fsp3) is 0.533. The Morgan fingerprint density at radius 2 is 2.21 bits per heavy atom. The van der Waals surface area contributed by atoms with Crippen LogP contribution in [0.25, 0.3) is 0 Å². The van der Waals surface area contributed by atoms with E-state index >= 15 is 0 Å². The summed E-state index contributed by atoms with van der Waals surface area (Å²) in [5.41, 5.74) is 7.41. The van der Waals surface area contributed by atoms with Gasteiger partial charge in [0.25, 0.3) is 0 Å². The van der Waals surface area contributed by atoms with Gasteiger partial charge in [-0.3, -0.25) is 0 Å². The molecule has 0 amide bonds. The topological polar surface area (TPSA) is 38.0 Å². The summed E-state index contributed by atoms with van der Waals surface area (Å²) in [7, 11) is 0. The Morgan fingerprint density at radius 3 is 2.79 bits per heavy atom. The smallest absolute Gasteiger partial charge is 0.104 e. The molecule has 2 aliphatic carbocycles. The second kappa shape index (κ2) is 5.29. The maximum Gasteiger partial charge on any atom is 0.104 e. The molecule has 0 spiro atoms. The van der Waals surface area contributed by atoms with Crippen molar-refractivity contribution in [1.82, 2.24) is 0 Å². The fourth-order valence-corrected chi connectivity index (χ4v) is 4.05. The summed E-state index contributed by atoms with van der Waals surface area (Å²) in [6.07, 6.45) is 5.70. The van der Waals surface area contributed by atoms with E-state index in [0.29, 0.717) is 10.0 Å². The molecule has 2 saturated carbocycles. The number of thiocarbonyl (C=S) groups is 1. The van der Waals surface area contributed by atoms with Gasteiger partial charge in [0.1, 0.15) is 4.99 Å². The molecule has 102 valence electrons. The first-order valence-corrected chi connectivity index (χ1v) is 7.75. The third kappa shape index (κ3) is 2.72. The lowest BCUT2D eigenvalue weighted by atomic mass is 9.89. The van der Waals surface area contributed by atoms with E-state index in [1.165, 1.54) is 25.7 Å². The van der Waals surface area contributed by atoms with E-state index < -0.39 is 0 Å². The summed E-state index contributed by atoms with van der Waals surface area (Å²) in [6, 6.07) is 5.74. The van der Waals surface area contributed by atoms with Gasteiger partial charge in [0, 0.05) is 12.1 Å². The summed E-state index contributed by atoms with van der Waals surface area (Å²) < 4.78 is 0. The van der Waals surface area contributed by atoms with E-state index in [0.717, 1.165) is 35.5 Å². The van der Waals surface area contributed by atoms with Crippen LogP contribution in [0.5, 0.6) is 0 Å². The van der Waals surface area contributed by atoms with Crippen LogP contribution in [0.1, 0.15) is 31.2 Å². The zero-order chi connectivity index (χ0) is 13.4. The van der Waals surface area contributed by atoms with Crippen molar-refractivity contribution in [1.29, 1.82) is 0 Å². The minimum atomic E-state index is 0.390. The van der Waals surface area contributed by atoms with E-state index in [-0.39, 0.29) is 0 Å². The Labute approximate surface area is 124 Å². The highest BCUT2D eigenvalue weighted by Gasteiger charge is 2.39. The van der Waals surface area contributed by atoms with E-state index in [9.17, 15) is 0 Å². The molecule has 2 fully saturated rings. The quantitative estimate of drug-likeness (QED) is 0.829. The van der Waals surface area contributed by atoms with Crippen molar-refractivity contribution >= 4 is 34.5 Å². The van der Waals surface area contributed by atoms with Crippen LogP contribution >= 0.6 is 23.8 Å². The third-order valence-corrected chi connectivity index (χ3v) is 5.24. The summed E-state index contributed by atoms with van der Waals surface area (Å²) in [5.74, 6) is 2.75. The second-order valence-electron chi connectivity index (χ2n) is 5.87. The molecule has 0 saturated heterocycles. The first kappa shape index (κ1) is 13.2. The molecule has 3 atom stereocenters. The van der Waals surface area contributed by atoms with Crippen molar-refractivity contribution in [2.45, 2.75) is 25.7 Å². The number of halogens is 1. The van der Waals surface area contributed by atoms with Gasteiger partial charge >= 0.3 is 0 Å². The van der Waals surface area contributed by atoms with Gasteiger partial charge in [-0.1, -0.05) is 30.2 Å². The highest BCUT2D eigenvalue weighted by molar-refractivity contribution is 7.80. The van der Waals surface area contributed by atoms with Crippen LogP contribution in [0, 0.1) is 17.8 Å². The minimum absolute atomic E-state index is 0.390. The predicted octanol–water partition coefficient (Wildman–Crippen LogP) is 3.82. The van der Waals surface area contributed by atoms with Crippen LogP contribution in [0.2, 0.25) is 5.02 Å². The summed E-state index contributed by atoms with van der Waals surface area (Å²) in [5, 5.41) is 4.19.